The summed E-state index contributed by atoms with van der Waals surface area (Å²) in [4.78, 5) is 10.3. The van der Waals surface area contributed by atoms with Gasteiger partial charge in [0.1, 0.15) is 5.82 Å². The lowest BCUT2D eigenvalue weighted by Crippen LogP contribution is -1.98. The molecule has 0 aliphatic heterocycles. The molecule has 2 rings (SSSR count). The van der Waals surface area contributed by atoms with E-state index in [0.717, 1.165) is 12.1 Å². The van der Waals surface area contributed by atoms with E-state index in [0.29, 0.717) is 5.69 Å². The Morgan fingerprint density at radius 2 is 1.95 bits per heavy atom. The van der Waals surface area contributed by atoms with Crippen LogP contribution in [0.1, 0.15) is 0 Å². The van der Waals surface area contributed by atoms with Gasteiger partial charge in [-0.05, 0) is 34.7 Å². The monoisotopic (exact) mass is 374 g/mol. The molecule has 0 aliphatic carbocycles. The number of nitrogens with zero attached hydrogens (tertiary/aromatic N) is 1. The van der Waals surface area contributed by atoms with Gasteiger partial charge in [-0.25, -0.2) is 4.39 Å². The Balaban J connectivity index is 2.48. The van der Waals surface area contributed by atoms with Crippen molar-refractivity contribution in [3.05, 3.63) is 55.9 Å². The second-order valence-corrected chi connectivity index (χ2v) is 4.79. The number of ether oxygens (including phenoxy) is 1. The number of nitrogen functional groups attached to an aromatic ring is 1. The number of para-hydroxylation sites is 2. The number of benzene rings is 2. The number of hydrogen-bond acceptors (Lipinski definition) is 4. The molecule has 0 aliphatic rings. The van der Waals surface area contributed by atoms with Crippen molar-refractivity contribution >= 4 is 34.0 Å². The number of nitrogens with two attached hydrogens (primary N) is 1. The summed E-state index contributed by atoms with van der Waals surface area (Å²) in [5.41, 5.74) is 5.68. The molecule has 0 saturated heterocycles. The van der Waals surface area contributed by atoms with Gasteiger partial charge >= 0.3 is 5.69 Å². The molecule has 0 bridgehead atoms. The Bertz CT molecular complexity index is 649. The number of nitro benzene ring substituents is 1. The summed E-state index contributed by atoms with van der Waals surface area (Å²) in [6.07, 6.45) is 0. The van der Waals surface area contributed by atoms with Gasteiger partial charge in [0.05, 0.1) is 14.2 Å². The van der Waals surface area contributed by atoms with Crippen LogP contribution in [0.3, 0.4) is 0 Å². The Hall–Kier alpha value is -1.90. The maximum Gasteiger partial charge on any atom is 0.312 e. The summed E-state index contributed by atoms with van der Waals surface area (Å²) in [6.45, 7) is 0. The van der Waals surface area contributed by atoms with E-state index < -0.39 is 10.7 Å². The van der Waals surface area contributed by atoms with Crippen molar-refractivity contribution in [2.75, 3.05) is 5.73 Å². The van der Waals surface area contributed by atoms with Crippen molar-refractivity contribution in [3.8, 4) is 11.5 Å². The molecule has 0 radical (unpaired) electrons. The fourth-order valence-corrected chi connectivity index (χ4v) is 1.89. The second-order valence-electron chi connectivity index (χ2n) is 3.63. The zero-order valence-electron chi connectivity index (χ0n) is 9.47. The van der Waals surface area contributed by atoms with Crippen LogP contribution in [0.4, 0.5) is 15.8 Å². The topological polar surface area (TPSA) is 78.4 Å². The van der Waals surface area contributed by atoms with E-state index in [4.69, 9.17) is 10.5 Å². The summed E-state index contributed by atoms with van der Waals surface area (Å²) in [5.74, 6) is -0.525. The molecule has 0 aromatic heterocycles. The van der Waals surface area contributed by atoms with E-state index in [9.17, 15) is 14.5 Å². The van der Waals surface area contributed by atoms with Gasteiger partial charge in [0.25, 0.3) is 0 Å². The van der Waals surface area contributed by atoms with E-state index >= 15 is 0 Å². The molecule has 2 aromatic carbocycles. The van der Waals surface area contributed by atoms with Crippen LogP contribution in [0.2, 0.25) is 0 Å². The largest absolute Gasteiger partial charge is 0.448 e. The highest BCUT2D eigenvalue weighted by Gasteiger charge is 2.20. The first kappa shape index (κ1) is 13.5. The van der Waals surface area contributed by atoms with E-state index in [1.54, 1.807) is 46.9 Å². The van der Waals surface area contributed by atoms with Crippen molar-refractivity contribution in [1.29, 1.82) is 0 Å². The average molecular weight is 374 g/mol. The van der Waals surface area contributed by atoms with E-state index in [1.165, 1.54) is 0 Å². The third-order valence-electron chi connectivity index (χ3n) is 2.34. The van der Waals surface area contributed by atoms with E-state index in [1.807, 2.05) is 0 Å². The number of nitro groups is 1. The molecule has 0 fully saturated rings. The van der Waals surface area contributed by atoms with Gasteiger partial charge in [0.2, 0.25) is 5.75 Å². The molecular formula is C12H8FIN2O3. The van der Waals surface area contributed by atoms with Crippen LogP contribution >= 0.6 is 22.6 Å². The van der Waals surface area contributed by atoms with Crippen molar-refractivity contribution in [3.63, 3.8) is 0 Å². The zero-order chi connectivity index (χ0) is 14.0. The highest BCUT2D eigenvalue weighted by atomic mass is 127. The lowest BCUT2D eigenvalue weighted by atomic mass is 10.2. The minimum atomic E-state index is -0.629. The van der Waals surface area contributed by atoms with E-state index in [2.05, 4.69) is 0 Å². The standard InChI is InChI=1S/C12H8FIN2O3/c13-7-5-12(10(16(17)18)6-8(7)14)19-11-4-2-1-3-9(11)15/h1-6H,15H2. The van der Waals surface area contributed by atoms with Gasteiger partial charge in [-0.3, -0.25) is 10.1 Å². The lowest BCUT2D eigenvalue weighted by Gasteiger charge is -2.09. The number of rotatable bonds is 3. The smallest absolute Gasteiger partial charge is 0.312 e. The van der Waals surface area contributed by atoms with Crippen molar-refractivity contribution < 1.29 is 14.1 Å². The lowest BCUT2D eigenvalue weighted by molar-refractivity contribution is -0.385. The van der Waals surface area contributed by atoms with Crippen LogP contribution < -0.4 is 10.5 Å². The molecule has 98 valence electrons. The normalized spacial score (nSPS) is 10.2. The number of hydrogen-bond donors (Lipinski definition) is 1. The first-order chi connectivity index (χ1) is 8.99. The Morgan fingerprint density at radius 1 is 1.26 bits per heavy atom. The third kappa shape index (κ3) is 2.92. The fourth-order valence-electron chi connectivity index (χ4n) is 1.43. The predicted molar refractivity (Wildman–Crippen MR) is 76.7 cm³/mol. The highest BCUT2D eigenvalue weighted by Crippen LogP contribution is 2.35. The molecule has 7 heteroatoms. The Morgan fingerprint density at radius 3 is 2.58 bits per heavy atom. The first-order valence-corrected chi connectivity index (χ1v) is 6.22. The van der Waals surface area contributed by atoms with Gasteiger partial charge in [-0.15, -0.1) is 0 Å². The highest BCUT2D eigenvalue weighted by molar-refractivity contribution is 14.1. The SMILES string of the molecule is Nc1ccccc1Oc1cc(F)c(I)cc1[N+](=O)[O-]. The fraction of sp³-hybridized carbons (Fsp3) is 0. The van der Waals surface area contributed by atoms with Crippen LogP contribution in [0.15, 0.2) is 36.4 Å². The van der Waals surface area contributed by atoms with Crippen LogP contribution in [0, 0.1) is 19.5 Å². The summed E-state index contributed by atoms with van der Waals surface area (Å²) in [6, 6.07) is 8.60. The molecule has 0 spiro atoms. The molecule has 2 aromatic rings. The zero-order valence-corrected chi connectivity index (χ0v) is 11.6. The Labute approximate surface area is 121 Å². The quantitative estimate of drug-likeness (QED) is 0.385. The molecule has 19 heavy (non-hydrogen) atoms. The molecule has 0 heterocycles. The number of anilines is 1. The van der Waals surface area contributed by atoms with Crippen LogP contribution in [-0.2, 0) is 0 Å². The summed E-state index contributed by atoms with van der Waals surface area (Å²) >= 11 is 1.68. The van der Waals surface area contributed by atoms with Gasteiger partial charge in [0, 0.05) is 12.1 Å². The van der Waals surface area contributed by atoms with Crippen molar-refractivity contribution in [2.24, 2.45) is 0 Å². The minimum Gasteiger partial charge on any atom is -0.448 e. The Kier molecular flexibility index (Phi) is 3.84. The van der Waals surface area contributed by atoms with Gasteiger partial charge < -0.3 is 10.5 Å². The first-order valence-electron chi connectivity index (χ1n) is 5.15. The second kappa shape index (κ2) is 5.39. The van der Waals surface area contributed by atoms with Crippen LogP contribution in [0.25, 0.3) is 0 Å². The number of halogens is 2. The molecule has 0 saturated carbocycles. The minimum absolute atomic E-state index is 0.151. The molecule has 0 unspecified atom stereocenters. The third-order valence-corrected chi connectivity index (χ3v) is 3.16. The van der Waals surface area contributed by atoms with Crippen LogP contribution in [-0.4, -0.2) is 4.92 Å². The molecule has 0 atom stereocenters. The summed E-state index contributed by atoms with van der Waals surface area (Å²) in [7, 11) is 0. The predicted octanol–water partition coefficient (Wildman–Crippen LogP) is 3.71. The average Bonchev–Trinajstić information content (AvgIpc) is 2.36. The van der Waals surface area contributed by atoms with Crippen molar-refractivity contribution in [2.45, 2.75) is 0 Å². The molecule has 0 amide bonds. The van der Waals surface area contributed by atoms with Gasteiger partial charge in [0.15, 0.2) is 5.75 Å². The summed E-state index contributed by atoms with van der Waals surface area (Å²) in [5, 5.41) is 10.9. The summed E-state index contributed by atoms with van der Waals surface area (Å²) < 4.78 is 19.0. The van der Waals surface area contributed by atoms with Gasteiger partial charge in [-0.2, -0.15) is 0 Å². The van der Waals surface area contributed by atoms with Gasteiger partial charge in [-0.1, -0.05) is 12.1 Å². The maximum atomic E-state index is 13.5. The maximum absolute atomic E-state index is 13.5. The van der Waals surface area contributed by atoms with Crippen molar-refractivity contribution in [1.82, 2.24) is 0 Å². The molecular weight excluding hydrogens is 366 g/mol. The van der Waals surface area contributed by atoms with E-state index in [-0.39, 0.29) is 20.8 Å². The molecule has 2 N–H and O–H groups in total. The van der Waals surface area contributed by atoms with Crippen LogP contribution in [0.5, 0.6) is 11.5 Å². The molecule has 5 nitrogen and oxygen atoms in total.